The molecular weight excluding hydrogens is 425 g/mol. The number of hydrogen-bond donors (Lipinski definition) is 1. The van der Waals surface area contributed by atoms with Crippen LogP contribution < -0.4 is 4.74 Å². The number of hydrogen-bond acceptors (Lipinski definition) is 5. The molecule has 2 saturated heterocycles. The van der Waals surface area contributed by atoms with Gasteiger partial charge in [0, 0.05) is 18.7 Å². The highest BCUT2D eigenvalue weighted by Crippen LogP contribution is 2.40. The third-order valence-corrected chi connectivity index (χ3v) is 6.04. The van der Waals surface area contributed by atoms with Crippen LogP contribution in [0.4, 0.5) is 4.39 Å². The minimum absolute atomic E-state index is 0.00995. The molecule has 2 fully saturated rings. The standard InChI is InChI=1S/C26H28FNO5/c1-2-3-14-32-20-12-8-17(9-13-20)23-22(24(29)18-6-10-19(27)11-7-18)25(30)26(31)28(23)16-21-5-4-15-33-21/h6-13,21,23,29H,2-5,14-16H2,1H3/t21-,23+/m0/s1. The number of rotatable bonds is 8. The molecule has 2 heterocycles. The highest BCUT2D eigenvalue weighted by atomic mass is 19.1. The van der Waals surface area contributed by atoms with Gasteiger partial charge in [-0.3, -0.25) is 9.59 Å². The van der Waals surface area contributed by atoms with Crippen LogP contribution in [0.25, 0.3) is 5.76 Å². The monoisotopic (exact) mass is 453 g/mol. The molecule has 2 aromatic rings. The lowest BCUT2D eigenvalue weighted by Crippen LogP contribution is -2.36. The zero-order valence-corrected chi connectivity index (χ0v) is 18.6. The number of amides is 1. The number of Topliss-reactive ketones (excluding diaryl/α,β-unsaturated/α-hetero) is 1. The van der Waals surface area contributed by atoms with Gasteiger partial charge in [0.15, 0.2) is 0 Å². The highest BCUT2D eigenvalue weighted by molar-refractivity contribution is 6.46. The number of carbonyl (C=O) groups is 2. The molecule has 0 aromatic heterocycles. The molecule has 2 aliphatic heterocycles. The minimum Gasteiger partial charge on any atom is -0.507 e. The van der Waals surface area contributed by atoms with E-state index in [-0.39, 0.29) is 29.5 Å². The highest BCUT2D eigenvalue weighted by Gasteiger charge is 2.47. The average Bonchev–Trinajstić information content (AvgIpc) is 3.42. The number of nitrogens with zero attached hydrogens (tertiary/aromatic N) is 1. The first-order valence-electron chi connectivity index (χ1n) is 11.4. The van der Waals surface area contributed by atoms with Crippen molar-refractivity contribution in [3.63, 3.8) is 0 Å². The number of ketones is 1. The zero-order chi connectivity index (χ0) is 23.4. The van der Waals surface area contributed by atoms with Crippen LogP contribution in [0.5, 0.6) is 5.75 Å². The van der Waals surface area contributed by atoms with Gasteiger partial charge in [0.2, 0.25) is 0 Å². The second-order valence-electron chi connectivity index (χ2n) is 8.36. The maximum absolute atomic E-state index is 13.4. The normalized spacial score (nSPS) is 22.2. The summed E-state index contributed by atoms with van der Waals surface area (Å²) in [4.78, 5) is 27.5. The second kappa shape index (κ2) is 10.2. The fourth-order valence-electron chi connectivity index (χ4n) is 4.27. The fourth-order valence-corrected chi connectivity index (χ4v) is 4.27. The van der Waals surface area contributed by atoms with Gasteiger partial charge in [0.1, 0.15) is 17.3 Å². The lowest BCUT2D eigenvalue weighted by molar-refractivity contribution is -0.140. The minimum atomic E-state index is -0.774. The SMILES string of the molecule is CCCCOc1ccc([C@@H]2C(=C(O)c3ccc(F)cc3)C(=O)C(=O)N2C[C@@H]2CCCO2)cc1. The molecule has 33 heavy (non-hydrogen) atoms. The molecule has 0 aliphatic carbocycles. The maximum atomic E-state index is 13.4. The predicted molar refractivity (Wildman–Crippen MR) is 121 cm³/mol. The van der Waals surface area contributed by atoms with Gasteiger partial charge in [-0.1, -0.05) is 25.5 Å². The Bertz CT molecular complexity index is 1030. The van der Waals surface area contributed by atoms with Gasteiger partial charge in [-0.05, 0) is 61.2 Å². The van der Waals surface area contributed by atoms with E-state index in [1.807, 2.05) is 0 Å². The number of aliphatic hydroxyl groups excluding tert-OH is 1. The Morgan fingerprint density at radius 2 is 1.88 bits per heavy atom. The van der Waals surface area contributed by atoms with E-state index >= 15 is 0 Å². The van der Waals surface area contributed by atoms with Crippen LogP contribution in [0, 0.1) is 5.82 Å². The van der Waals surface area contributed by atoms with E-state index < -0.39 is 23.5 Å². The van der Waals surface area contributed by atoms with Crippen molar-refractivity contribution in [2.24, 2.45) is 0 Å². The molecule has 0 radical (unpaired) electrons. The first kappa shape index (κ1) is 23.0. The topological polar surface area (TPSA) is 76.1 Å². The number of unbranched alkanes of at least 4 members (excludes halogenated alkanes) is 1. The number of halogens is 1. The summed E-state index contributed by atoms with van der Waals surface area (Å²) >= 11 is 0. The molecule has 6 nitrogen and oxygen atoms in total. The Morgan fingerprint density at radius 3 is 2.52 bits per heavy atom. The van der Waals surface area contributed by atoms with Gasteiger partial charge >= 0.3 is 0 Å². The second-order valence-corrected chi connectivity index (χ2v) is 8.36. The van der Waals surface area contributed by atoms with E-state index in [0.717, 1.165) is 25.7 Å². The molecule has 1 N–H and O–H groups in total. The Labute approximate surface area is 192 Å². The van der Waals surface area contributed by atoms with E-state index in [1.165, 1.54) is 29.2 Å². The zero-order valence-electron chi connectivity index (χ0n) is 18.6. The van der Waals surface area contributed by atoms with Crippen molar-refractivity contribution in [2.75, 3.05) is 19.8 Å². The maximum Gasteiger partial charge on any atom is 0.295 e. The van der Waals surface area contributed by atoms with Crippen molar-refractivity contribution in [3.05, 3.63) is 71.0 Å². The summed E-state index contributed by atoms with van der Waals surface area (Å²) in [5.74, 6) is -1.52. The summed E-state index contributed by atoms with van der Waals surface area (Å²) < 4.78 is 24.8. The Balaban J connectivity index is 1.72. The number of benzene rings is 2. The third kappa shape index (κ3) is 4.93. The molecule has 2 aliphatic rings. The molecule has 4 rings (SSSR count). The Kier molecular flexibility index (Phi) is 7.08. The smallest absolute Gasteiger partial charge is 0.295 e. The number of likely N-dealkylation sites (tertiary alicyclic amines) is 1. The molecule has 0 spiro atoms. The lowest BCUT2D eigenvalue weighted by atomic mass is 9.95. The van der Waals surface area contributed by atoms with Crippen LogP contribution in [0.15, 0.2) is 54.1 Å². The molecule has 7 heteroatoms. The molecule has 174 valence electrons. The largest absolute Gasteiger partial charge is 0.507 e. The molecule has 2 aromatic carbocycles. The Morgan fingerprint density at radius 1 is 1.15 bits per heavy atom. The van der Waals surface area contributed by atoms with Gasteiger partial charge in [-0.2, -0.15) is 0 Å². The summed E-state index contributed by atoms with van der Waals surface area (Å²) in [7, 11) is 0. The molecule has 2 atom stereocenters. The van der Waals surface area contributed by atoms with E-state index in [4.69, 9.17) is 9.47 Å². The number of ether oxygens (including phenoxy) is 2. The molecular formula is C26H28FNO5. The van der Waals surface area contributed by atoms with Crippen LogP contribution in [0.3, 0.4) is 0 Å². The molecule has 0 bridgehead atoms. The van der Waals surface area contributed by atoms with Crippen molar-refractivity contribution in [3.8, 4) is 5.75 Å². The summed E-state index contributed by atoms with van der Waals surface area (Å²) in [6, 6.07) is 11.6. The van der Waals surface area contributed by atoms with Gasteiger partial charge in [0.05, 0.1) is 24.3 Å². The van der Waals surface area contributed by atoms with Crippen LogP contribution in [-0.4, -0.2) is 47.6 Å². The summed E-state index contributed by atoms with van der Waals surface area (Å²) in [6.45, 7) is 3.57. The molecule has 1 amide bonds. The number of carbonyl (C=O) groups excluding carboxylic acids is 2. The van der Waals surface area contributed by atoms with E-state index in [2.05, 4.69) is 6.92 Å². The van der Waals surface area contributed by atoms with Crippen molar-refractivity contribution >= 4 is 17.4 Å². The van der Waals surface area contributed by atoms with Gasteiger partial charge < -0.3 is 19.5 Å². The van der Waals surface area contributed by atoms with Gasteiger partial charge in [0.25, 0.3) is 11.7 Å². The molecule has 0 unspecified atom stereocenters. The summed E-state index contributed by atoms with van der Waals surface area (Å²) in [6.07, 6.45) is 3.52. The molecule has 0 saturated carbocycles. The van der Waals surface area contributed by atoms with Crippen LogP contribution in [0.1, 0.15) is 49.8 Å². The Hall–Kier alpha value is -3.19. The first-order chi connectivity index (χ1) is 16.0. The van der Waals surface area contributed by atoms with Gasteiger partial charge in [-0.25, -0.2) is 4.39 Å². The van der Waals surface area contributed by atoms with E-state index in [1.54, 1.807) is 24.3 Å². The summed E-state index contributed by atoms with van der Waals surface area (Å²) in [5.41, 5.74) is 0.944. The van der Waals surface area contributed by atoms with Crippen molar-refractivity contribution in [1.29, 1.82) is 0 Å². The van der Waals surface area contributed by atoms with Gasteiger partial charge in [-0.15, -0.1) is 0 Å². The lowest BCUT2D eigenvalue weighted by Gasteiger charge is -2.27. The van der Waals surface area contributed by atoms with Crippen LogP contribution >= 0.6 is 0 Å². The van der Waals surface area contributed by atoms with Crippen molar-refractivity contribution < 1.29 is 28.6 Å². The first-order valence-corrected chi connectivity index (χ1v) is 11.4. The third-order valence-electron chi connectivity index (χ3n) is 6.04. The van der Waals surface area contributed by atoms with Crippen molar-refractivity contribution in [2.45, 2.75) is 44.8 Å². The average molecular weight is 454 g/mol. The summed E-state index contributed by atoms with van der Waals surface area (Å²) in [5, 5.41) is 11.0. The fraction of sp³-hybridized carbons (Fsp3) is 0.385. The van der Waals surface area contributed by atoms with Crippen LogP contribution in [-0.2, 0) is 14.3 Å². The predicted octanol–water partition coefficient (Wildman–Crippen LogP) is 4.61. The number of aliphatic hydroxyl groups is 1. The van der Waals surface area contributed by atoms with Crippen molar-refractivity contribution in [1.82, 2.24) is 4.90 Å². The van der Waals surface area contributed by atoms with Crippen LogP contribution in [0.2, 0.25) is 0 Å². The van der Waals surface area contributed by atoms with E-state index in [0.29, 0.717) is 24.5 Å². The van der Waals surface area contributed by atoms with E-state index in [9.17, 15) is 19.1 Å². The quantitative estimate of drug-likeness (QED) is 0.274.